The summed E-state index contributed by atoms with van der Waals surface area (Å²) in [5.41, 5.74) is 1.20. The van der Waals surface area contributed by atoms with E-state index in [1.54, 1.807) is 6.20 Å². The van der Waals surface area contributed by atoms with Crippen molar-refractivity contribution in [3.8, 4) is 29.6 Å². The Morgan fingerprint density at radius 3 is 2.86 bits per heavy atom. The van der Waals surface area contributed by atoms with Crippen LogP contribution in [-0.2, 0) is 0 Å². The van der Waals surface area contributed by atoms with Crippen LogP contribution in [0.5, 0.6) is 6.01 Å². The van der Waals surface area contributed by atoms with Gasteiger partial charge in [-0.3, -0.25) is 9.88 Å². The molecule has 4 aromatic rings. The molecule has 3 fully saturated rings. The van der Waals surface area contributed by atoms with Crippen LogP contribution in [0.2, 0.25) is 0 Å². The van der Waals surface area contributed by atoms with Gasteiger partial charge in [0, 0.05) is 54.8 Å². The van der Waals surface area contributed by atoms with Crippen molar-refractivity contribution in [2.75, 3.05) is 38.2 Å². The average Bonchev–Trinajstić information content (AvgIpc) is 3.68. The number of pyridine rings is 1. The Hall–Kier alpha value is -3.87. The van der Waals surface area contributed by atoms with E-state index in [0.717, 1.165) is 43.1 Å². The monoisotopic (exact) mass is 568 g/mol. The van der Waals surface area contributed by atoms with E-state index >= 15 is 4.39 Å². The summed E-state index contributed by atoms with van der Waals surface area (Å²) < 4.78 is 37.3. The highest BCUT2D eigenvalue weighted by Crippen LogP contribution is 2.41. The lowest BCUT2D eigenvalue weighted by Gasteiger charge is -2.31. The summed E-state index contributed by atoms with van der Waals surface area (Å²) in [6.07, 6.45) is 9.82. The van der Waals surface area contributed by atoms with E-state index in [0.29, 0.717) is 35.3 Å². The van der Waals surface area contributed by atoms with Crippen LogP contribution in [0.1, 0.15) is 38.2 Å². The SMILES string of the molecule is C#Cc1cccc2cccc(-c3ncc4c(N(C)C5CCNC5C)nc(OC[C@@]56CCCN5C[C@H](F)C6)nc4c3F)c12. The molecule has 9 heteroatoms. The molecule has 4 atom stereocenters. The minimum absolute atomic E-state index is 0.0878. The molecule has 42 heavy (non-hydrogen) atoms. The van der Waals surface area contributed by atoms with Crippen molar-refractivity contribution in [1.29, 1.82) is 0 Å². The van der Waals surface area contributed by atoms with Crippen LogP contribution in [-0.4, -0.2) is 76.9 Å². The minimum atomic E-state index is -0.871. The molecule has 7 rings (SSSR count). The summed E-state index contributed by atoms with van der Waals surface area (Å²) >= 11 is 0. The van der Waals surface area contributed by atoms with Gasteiger partial charge in [0.25, 0.3) is 0 Å². The first-order valence-corrected chi connectivity index (χ1v) is 14.7. The van der Waals surface area contributed by atoms with Crippen LogP contribution in [0.4, 0.5) is 14.6 Å². The van der Waals surface area contributed by atoms with E-state index < -0.39 is 12.0 Å². The van der Waals surface area contributed by atoms with Crippen molar-refractivity contribution in [3.63, 3.8) is 0 Å². The number of likely N-dealkylation sites (N-methyl/N-ethyl adjacent to an activating group) is 1. The van der Waals surface area contributed by atoms with Gasteiger partial charge in [-0.25, -0.2) is 8.78 Å². The summed E-state index contributed by atoms with van der Waals surface area (Å²) in [6.45, 7) is 4.57. The average molecular weight is 569 g/mol. The Balaban J connectivity index is 1.36. The number of aromatic nitrogens is 3. The number of hydrogen-bond donors (Lipinski definition) is 1. The summed E-state index contributed by atoms with van der Waals surface area (Å²) in [6, 6.07) is 11.8. The predicted molar refractivity (Wildman–Crippen MR) is 161 cm³/mol. The minimum Gasteiger partial charge on any atom is -0.461 e. The molecule has 2 unspecified atom stereocenters. The smallest absolute Gasteiger partial charge is 0.319 e. The number of anilines is 1. The second-order valence-electron chi connectivity index (χ2n) is 11.9. The lowest BCUT2D eigenvalue weighted by atomic mass is 9.95. The molecule has 3 saturated heterocycles. The van der Waals surface area contributed by atoms with E-state index in [-0.39, 0.29) is 41.5 Å². The van der Waals surface area contributed by atoms with Crippen LogP contribution in [0, 0.1) is 18.2 Å². The molecule has 5 heterocycles. The van der Waals surface area contributed by atoms with Crippen LogP contribution < -0.4 is 15.0 Å². The van der Waals surface area contributed by atoms with Gasteiger partial charge in [0.15, 0.2) is 5.82 Å². The van der Waals surface area contributed by atoms with Gasteiger partial charge in [0.1, 0.15) is 29.8 Å². The van der Waals surface area contributed by atoms with Crippen molar-refractivity contribution in [2.24, 2.45) is 0 Å². The van der Waals surface area contributed by atoms with Crippen molar-refractivity contribution in [2.45, 2.75) is 56.4 Å². The number of nitrogens with zero attached hydrogens (tertiary/aromatic N) is 5. The Morgan fingerprint density at radius 2 is 2.07 bits per heavy atom. The number of ether oxygens (including phenoxy) is 1. The largest absolute Gasteiger partial charge is 0.461 e. The Bertz CT molecular complexity index is 1720. The zero-order valence-electron chi connectivity index (χ0n) is 23.9. The fourth-order valence-corrected chi connectivity index (χ4v) is 7.38. The van der Waals surface area contributed by atoms with Gasteiger partial charge in [0.2, 0.25) is 0 Å². The Kier molecular flexibility index (Phi) is 6.71. The molecule has 216 valence electrons. The summed E-state index contributed by atoms with van der Waals surface area (Å²) in [5.74, 6) is 2.73. The van der Waals surface area contributed by atoms with Gasteiger partial charge in [-0.15, -0.1) is 6.42 Å². The first kappa shape index (κ1) is 27.0. The normalized spacial score (nSPS) is 25.6. The van der Waals surface area contributed by atoms with E-state index in [9.17, 15) is 4.39 Å². The van der Waals surface area contributed by atoms with Crippen LogP contribution in [0.15, 0.2) is 42.6 Å². The quantitative estimate of drug-likeness (QED) is 0.325. The van der Waals surface area contributed by atoms with Gasteiger partial charge in [-0.2, -0.15) is 9.97 Å². The highest BCUT2D eigenvalue weighted by atomic mass is 19.1. The molecule has 0 aliphatic carbocycles. The molecule has 3 aliphatic rings. The maximum atomic E-state index is 16.7. The van der Waals surface area contributed by atoms with Crippen molar-refractivity contribution >= 4 is 27.5 Å². The maximum absolute atomic E-state index is 16.7. The molecule has 2 aromatic heterocycles. The van der Waals surface area contributed by atoms with Crippen molar-refractivity contribution < 1.29 is 13.5 Å². The fourth-order valence-electron chi connectivity index (χ4n) is 7.38. The summed E-state index contributed by atoms with van der Waals surface area (Å²) in [5, 5.41) is 5.66. The van der Waals surface area contributed by atoms with E-state index in [1.807, 2.05) is 43.4 Å². The van der Waals surface area contributed by atoms with Crippen molar-refractivity contribution in [1.82, 2.24) is 25.2 Å². The zero-order valence-corrected chi connectivity index (χ0v) is 23.9. The van der Waals surface area contributed by atoms with Crippen molar-refractivity contribution in [3.05, 3.63) is 54.0 Å². The number of halogens is 2. The lowest BCUT2D eigenvalue weighted by Crippen LogP contribution is -2.43. The Labute approximate surface area is 244 Å². The molecule has 0 radical (unpaired) electrons. The van der Waals surface area contributed by atoms with Crippen LogP contribution in [0.3, 0.4) is 0 Å². The second kappa shape index (κ2) is 10.4. The number of rotatable bonds is 6. The number of benzene rings is 2. The molecule has 3 aliphatic heterocycles. The third-order valence-electron chi connectivity index (χ3n) is 9.50. The zero-order chi connectivity index (χ0) is 29.0. The van der Waals surface area contributed by atoms with E-state index in [2.05, 4.69) is 37.9 Å². The summed E-state index contributed by atoms with van der Waals surface area (Å²) in [4.78, 5) is 18.3. The number of hydrogen-bond acceptors (Lipinski definition) is 7. The number of terminal acetylenes is 1. The molecule has 1 N–H and O–H groups in total. The fraction of sp³-hybridized carbons (Fsp3) is 0.424. The molecule has 0 bridgehead atoms. The van der Waals surface area contributed by atoms with Gasteiger partial charge >= 0.3 is 6.01 Å². The topological polar surface area (TPSA) is 66.4 Å². The first-order valence-electron chi connectivity index (χ1n) is 14.7. The second-order valence-corrected chi connectivity index (χ2v) is 11.9. The van der Waals surface area contributed by atoms with Gasteiger partial charge in [-0.1, -0.05) is 36.3 Å². The predicted octanol–water partition coefficient (Wildman–Crippen LogP) is 5.11. The van der Waals surface area contributed by atoms with E-state index in [1.165, 1.54) is 0 Å². The van der Waals surface area contributed by atoms with Gasteiger partial charge in [0.05, 0.1) is 10.9 Å². The third kappa shape index (κ3) is 4.36. The van der Waals surface area contributed by atoms with Crippen LogP contribution >= 0.6 is 0 Å². The number of nitrogens with one attached hydrogen (secondary N) is 1. The maximum Gasteiger partial charge on any atom is 0.319 e. The van der Waals surface area contributed by atoms with Gasteiger partial charge < -0.3 is 15.0 Å². The molecule has 0 amide bonds. The molecular formula is C33H34F2N6O. The molecule has 7 nitrogen and oxygen atoms in total. The molecule has 0 saturated carbocycles. The first-order chi connectivity index (χ1) is 20.4. The van der Waals surface area contributed by atoms with Gasteiger partial charge in [-0.05, 0) is 50.7 Å². The number of fused-ring (bicyclic) bond motifs is 3. The molecule has 2 aromatic carbocycles. The third-order valence-corrected chi connectivity index (χ3v) is 9.50. The molecule has 0 spiro atoms. The van der Waals surface area contributed by atoms with E-state index in [4.69, 9.17) is 16.1 Å². The lowest BCUT2D eigenvalue weighted by molar-refractivity contribution is 0.107. The van der Waals surface area contributed by atoms with Crippen LogP contribution in [0.25, 0.3) is 32.9 Å². The standard InChI is InChI=1S/C33H34F2N6O/c1-4-21-8-5-9-22-10-6-11-24(27(21)22)29-28(35)30-25(17-37-29)31(40(3)26-12-14-36-20(26)2)39-32(38-30)42-19-33-13-7-15-41(33)18-23(34)16-33/h1,5-6,8-11,17,20,23,26,36H,7,12-16,18-19H2,2-3H3/t20?,23-,26?,33+/m1/s1. The summed E-state index contributed by atoms with van der Waals surface area (Å²) in [7, 11) is 1.97. The molecular weight excluding hydrogens is 534 g/mol. The number of alkyl halides is 1. The highest BCUT2D eigenvalue weighted by Gasteiger charge is 2.49. The highest BCUT2D eigenvalue weighted by molar-refractivity contribution is 6.02. The Morgan fingerprint density at radius 1 is 1.24 bits per heavy atom.